The molecular formula is C16H22N4O. The fraction of sp³-hybridized carbons (Fsp3) is 0.375. The maximum atomic E-state index is 5.54. The van der Waals surface area contributed by atoms with Crippen molar-refractivity contribution in [1.82, 2.24) is 10.2 Å². The van der Waals surface area contributed by atoms with Crippen molar-refractivity contribution in [3.05, 3.63) is 47.7 Å². The second-order valence-corrected chi connectivity index (χ2v) is 5.06. The Balaban J connectivity index is 2.09. The second kappa shape index (κ2) is 7.04. The molecule has 0 saturated heterocycles. The number of nitrogens with two attached hydrogens (primary N) is 1. The number of para-hydroxylation sites is 1. The highest BCUT2D eigenvalue weighted by atomic mass is 16.5. The van der Waals surface area contributed by atoms with Gasteiger partial charge in [0.05, 0.1) is 12.8 Å². The number of benzene rings is 1. The van der Waals surface area contributed by atoms with E-state index < -0.39 is 0 Å². The molecule has 2 aromatic rings. The summed E-state index contributed by atoms with van der Waals surface area (Å²) in [5.41, 5.74) is 7.52. The van der Waals surface area contributed by atoms with Crippen molar-refractivity contribution >= 4 is 5.82 Å². The van der Waals surface area contributed by atoms with Gasteiger partial charge in [-0.05, 0) is 37.1 Å². The number of likely N-dealkylation sites (N-methyl/N-ethyl adjacent to an activating group) is 1. The molecule has 2 rings (SSSR count). The molecule has 0 saturated carbocycles. The van der Waals surface area contributed by atoms with Crippen LogP contribution in [0.25, 0.3) is 0 Å². The summed E-state index contributed by atoms with van der Waals surface area (Å²) in [4.78, 5) is 2.11. The van der Waals surface area contributed by atoms with Crippen LogP contribution in [-0.4, -0.2) is 30.4 Å². The van der Waals surface area contributed by atoms with E-state index in [-0.39, 0.29) is 6.04 Å². The summed E-state index contributed by atoms with van der Waals surface area (Å²) in [6, 6.07) is 12.2. The molecule has 112 valence electrons. The average Bonchev–Trinajstić information content (AvgIpc) is 2.54. The molecule has 21 heavy (non-hydrogen) atoms. The van der Waals surface area contributed by atoms with Gasteiger partial charge < -0.3 is 15.4 Å². The van der Waals surface area contributed by atoms with Crippen LogP contribution < -0.4 is 15.4 Å². The highest BCUT2D eigenvalue weighted by Crippen LogP contribution is 2.21. The Kier molecular flexibility index (Phi) is 5.11. The van der Waals surface area contributed by atoms with Gasteiger partial charge in [0.15, 0.2) is 5.82 Å². The van der Waals surface area contributed by atoms with Crippen LogP contribution >= 0.6 is 0 Å². The van der Waals surface area contributed by atoms with Gasteiger partial charge in [-0.2, -0.15) is 5.10 Å². The van der Waals surface area contributed by atoms with Gasteiger partial charge in [-0.1, -0.05) is 18.2 Å². The zero-order valence-electron chi connectivity index (χ0n) is 12.8. The van der Waals surface area contributed by atoms with Gasteiger partial charge in [0, 0.05) is 19.6 Å². The first kappa shape index (κ1) is 15.3. The first-order valence-corrected chi connectivity index (χ1v) is 7.03. The van der Waals surface area contributed by atoms with E-state index in [0.717, 1.165) is 23.7 Å². The number of nitrogens with zero attached hydrogens (tertiary/aromatic N) is 3. The predicted octanol–water partition coefficient (Wildman–Crippen LogP) is 2.01. The summed E-state index contributed by atoms with van der Waals surface area (Å²) >= 11 is 0. The minimum Gasteiger partial charge on any atom is -0.496 e. The van der Waals surface area contributed by atoms with E-state index in [4.69, 9.17) is 10.5 Å². The zero-order valence-corrected chi connectivity index (χ0v) is 12.8. The fourth-order valence-corrected chi connectivity index (χ4v) is 2.20. The Bertz CT molecular complexity index is 571. The maximum absolute atomic E-state index is 5.54. The van der Waals surface area contributed by atoms with Crippen LogP contribution in [0.5, 0.6) is 5.75 Å². The van der Waals surface area contributed by atoms with Gasteiger partial charge in [0.2, 0.25) is 0 Å². The lowest BCUT2D eigenvalue weighted by Gasteiger charge is -2.26. The number of hydrogen-bond acceptors (Lipinski definition) is 5. The fourth-order valence-electron chi connectivity index (χ4n) is 2.20. The molecule has 1 atom stereocenters. The van der Waals surface area contributed by atoms with Gasteiger partial charge >= 0.3 is 0 Å². The molecule has 0 radical (unpaired) electrons. The molecule has 1 heterocycles. The third kappa shape index (κ3) is 3.70. The monoisotopic (exact) mass is 286 g/mol. The van der Waals surface area contributed by atoms with Crippen molar-refractivity contribution in [2.24, 2.45) is 5.73 Å². The molecule has 0 aliphatic carbocycles. The topological polar surface area (TPSA) is 64.3 Å². The third-order valence-electron chi connectivity index (χ3n) is 3.65. The van der Waals surface area contributed by atoms with Crippen LogP contribution in [0.3, 0.4) is 0 Å². The molecule has 2 N–H and O–H groups in total. The van der Waals surface area contributed by atoms with Crippen LogP contribution in [0.15, 0.2) is 36.4 Å². The summed E-state index contributed by atoms with van der Waals surface area (Å²) in [6.45, 7) is 2.57. The standard InChI is InChI=1S/C16H22N4O/c1-12(10-13-6-4-5-7-15(13)21-3)20(2)16-9-8-14(11-17)18-19-16/h4-9,12H,10-11,17H2,1-3H3. The number of aromatic nitrogens is 2. The molecule has 5 heteroatoms. The van der Waals surface area contributed by atoms with Crippen molar-refractivity contribution in [3.8, 4) is 5.75 Å². The van der Waals surface area contributed by atoms with E-state index in [1.165, 1.54) is 5.56 Å². The molecule has 0 bridgehead atoms. The van der Waals surface area contributed by atoms with Crippen LogP contribution in [0.2, 0.25) is 0 Å². The number of rotatable bonds is 6. The first-order valence-electron chi connectivity index (χ1n) is 7.03. The summed E-state index contributed by atoms with van der Waals surface area (Å²) in [5, 5.41) is 8.32. The normalized spacial score (nSPS) is 12.0. The van der Waals surface area contributed by atoms with E-state index in [1.807, 2.05) is 37.4 Å². The van der Waals surface area contributed by atoms with E-state index in [9.17, 15) is 0 Å². The Morgan fingerprint density at radius 1 is 1.19 bits per heavy atom. The van der Waals surface area contributed by atoms with E-state index in [1.54, 1.807) is 7.11 Å². The second-order valence-electron chi connectivity index (χ2n) is 5.06. The Labute approximate surface area is 125 Å². The SMILES string of the molecule is COc1ccccc1CC(C)N(C)c1ccc(CN)nn1. The molecule has 1 aromatic carbocycles. The van der Waals surface area contributed by atoms with Crippen molar-refractivity contribution in [2.45, 2.75) is 25.9 Å². The molecule has 5 nitrogen and oxygen atoms in total. The van der Waals surface area contributed by atoms with Gasteiger partial charge in [-0.25, -0.2) is 0 Å². The van der Waals surface area contributed by atoms with Crippen LogP contribution in [0, 0.1) is 0 Å². The largest absolute Gasteiger partial charge is 0.496 e. The van der Waals surface area contributed by atoms with Crippen molar-refractivity contribution in [1.29, 1.82) is 0 Å². The lowest BCUT2D eigenvalue weighted by Crippen LogP contribution is -2.31. The zero-order chi connectivity index (χ0) is 15.2. The quantitative estimate of drug-likeness (QED) is 0.880. The minimum atomic E-state index is 0.277. The average molecular weight is 286 g/mol. The van der Waals surface area contributed by atoms with Gasteiger partial charge in [0.25, 0.3) is 0 Å². The van der Waals surface area contributed by atoms with Crippen molar-refractivity contribution in [3.63, 3.8) is 0 Å². The Morgan fingerprint density at radius 2 is 1.95 bits per heavy atom. The van der Waals surface area contributed by atoms with E-state index in [0.29, 0.717) is 6.54 Å². The van der Waals surface area contributed by atoms with E-state index >= 15 is 0 Å². The summed E-state index contributed by atoms with van der Waals surface area (Å²) in [7, 11) is 3.72. The lowest BCUT2D eigenvalue weighted by atomic mass is 10.1. The summed E-state index contributed by atoms with van der Waals surface area (Å²) in [5.74, 6) is 1.76. The number of methoxy groups -OCH3 is 1. The number of ether oxygens (including phenoxy) is 1. The van der Waals surface area contributed by atoms with Gasteiger partial charge in [-0.15, -0.1) is 5.10 Å². The first-order chi connectivity index (χ1) is 10.2. The highest BCUT2D eigenvalue weighted by Gasteiger charge is 2.14. The molecule has 1 unspecified atom stereocenters. The summed E-state index contributed by atoms with van der Waals surface area (Å²) in [6.07, 6.45) is 0.876. The smallest absolute Gasteiger partial charge is 0.151 e. The molecule has 1 aromatic heterocycles. The Hall–Kier alpha value is -2.14. The molecule has 0 amide bonds. The van der Waals surface area contributed by atoms with Crippen LogP contribution in [-0.2, 0) is 13.0 Å². The molecular weight excluding hydrogens is 264 g/mol. The van der Waals surface area contributed by atoms with Gasteiger partial charge in [0.1, 0.15) is 5.75 Å². The van der Waals surface area contributed by atoms with Gasteiger partial charge in [-0.3, -0.25) is 0 Å². The van der Waals surface area contributed by atoms with Crippen molar-refractivity contribution in [2.75, 3.05) is 19.1 Å². The van der Waals surface area contributed by atoms with E-state index in [2.05, 4.69) is 28.1 Å². The number of anilines is 1. The Morgan fingerprint density at radius 3 is 2.57 bits per heavy atom. The predicted molar refractivity (Wildman–Crippen MR) is 84.5 cm³/mol. The molecule has 0 spiro atoms. The minimum absolute atomic E-state index is 0.277. The van der Waals surface area contributed by atoms with Crippen LogP contribution in [0.1, 0.15) is 18.2 Å². The lowest BCUT2D eigenvalue weighted by molar-refractivity contribution is 0.408. The molecule has 0 aliphatic rings. The summed E-state index contributed by atoms with van der Waals surface area (Å²) < 4.78 is 5.40. The van der Waals surface area contributed by atoms with Crippen LogP contribution in [0.4, 0.5) is 5.82 Å². The highest BCUT2D eigenvalue weighted by molar-refractivity contribution is 5.40. The molecule has 0 fully saturated rings. The number of hydrogen-bond donors (Lipinski definition) is 1. The third-order valence-corrected chi connectivity index (χ3v) is 3.65. The van der Waals surface area contributed by atoms with Crippen molar-refractivity contribution < 1.29 is 4.74 Å². The molecule has 0 aliphatic heterocycles. The maximum Gasteiger partial charge on any atom is 0.151 e.